The number of rotatable bonds is 9. The molecule has 0 amide bonds. The largest absolute Gasteiger partial charge is 0.464 e. The Bertz CT molecular complexity index is 433. The molecule has 0 radical (unpaired) electrons. The van der Waals surface area contributed by atoms with Gasteiger partial charge in [0.25, 0.3) is 5.69 Å². The van der Waals surface area contributed by atoms with Crippen LogP contribution in [0.5, 0.6) is 0 Å². The first kappa shape index (κ1) is 15.9. The van der Waals surface area contributed by atoms with Crippen LogP contribution < -0.4 is 5.32 Å². The van der Waals surface area contributed by atoms with Gasteiger partial charge in [0.2, 0.25) is 0 Å². The highest BCUT2D eigenvalue weighted by molar-refractivity contribution is 5.70. The zero-order valence-electron chi connectivity index (χ0n) is 11.3. The molecule has 1 aromatic rings. The second kappa shape index (κ2) is 8.87. The number of nitrogens with zero attached hydrogens (tertiary/aromatic N) is 1. The van der Waals surface area contributed by atoms with Crippen LogP contribution in [0.4, 0.5) is 11.4 Å². The standard InChI is InChI=1S/C13H18N2O5/c1-2-8-20-13(16)10-19-9-7-14-11-3-5-12(6-4-11)15(17)18/h3-6,14H,2,7-10H2,1H3. The molecule has 0 aliphatic heterocycles. The SMILES string of the molecule is CCCOC(=O)COCCNc1ccc([N+](=O)[O-])cc1. The number of anilines is 1. The van der Waals surface area contributed by atoms with Crippen LogP contribution in [0.2, 0.25) is 0 Å². The number of hydrogen-bond donors (Lipinski definition) is 1. The highest BCUT2D eigenvalue weighted by atomic mass is 16.6. The van der Waals surface area contributed by atoms with Gasteiger partial charge in [-0.25, -0.2) is 4.79 Å². The molecule has 0 aliphatic rings. The fourth-order valence-electron chi connectivity index (χ4n) is 1.38. The molecule has 0 saturated heterocycles. The zero-order valence-corrected chi connectivity index (χ0v) is 11.3. The number of hydrogen-bond acceptors (Lipinski definition) is 6. The highest BCUT2D eigenvalue weighted by Crippen LogP contribution is 2.14. The lowest BCUT2D eigenvalue weighted by Crippen LogP contribution is -2.17. The lowest BCUT2D eigenvalue weighted by molar-refractivity contribution is -0.384. The summed E-state index contributed by atoms with van der Waals surface area (Å²) in [5.74, 6) is -0.373. The van der Waals surface area contributed by atoms with Gasteiger partial charge in [-0.05, 0) is 18.6 Å². The molecule has 20 heavy (non-hydrogen) atoms. The van der Waals surface area contributed by atoms with Crippen LogP contribution in [0.1, 0.15) is 13.3 Å². The first-order chi connectivity index (χ1) is 9.63. The van der Waals surface area contributed by atoms with Crippen molar-refractivity contribution in [3.05, 3.63) is 34.4 Å². The van der Waals surface area contributed by atoms with E-state index in [9.17, 15) is 14.9 Å². The van der Waals surface area contributed by atoms with E-state index in [-0.39, 0.29) is 18.3 Å². The predicted molar refractivity (Wildman–Crippen MR) is 73.7 cm³/mol. The molecule has 0 saturated carbocycles. The number of non-ortho nitro benzene ring substituents is 1. The second-order valence-electron chi connectivity index (χ2n) is 4.00. The van der Waals surface area contributed by atoms with E-state index in [4.69, 9.17) is 9.47 Å². The van der Waals surface area contributed by atoms with Crippen LogP contribution in [0.3, 0.4) is 0 Å². The summed E-state index contributed by atoms with van der Waals surface area (Å²) in [5.41, 5.74) is 0.804. The van der Waals surface area contributed by atoms with Gasteiger partial charge in [-0.3, -0.25) is 10.1 Å². The first-order valence-corrected chi connectivity index (χ1v) is 6.35. The van der Waals surface area contributed by atoms with E-state index < -0.39 is 4.92 Å². The quantitative estimate of drug-likeness (QED) is 0.322. The van der Waals surface area contributed by atoms with Gasteiger partial charge in [-0.2, -0.15) is 0 Å². The molecule has 110 valence electrons. The van der Waals surface area contributed by atoms with E-state index in [0.717, 1.165) is 12.1 Å². The lowest BCUT2D eigenvalue weighted by Gasteiger charge is -2.07. The summed E-state index contributed by atoms with van der Waals surface area (Å²) >= 11 is 0. The minimum absolute atomic E-state index is 0.0467. The van der Waals surface area contributed by atoms with Crippen molar-refractivity contribution in [3.63, 3.8) is 0 Å². The molecule has 0 aromatic heterocycles. The predicted octanol–water partition coefficient (Wildman–Crippen LogP) is 1.98. The number of carbonyl (C=O) groups is 1. The van der Waals surface area contributed by atoms with Crippen LogP contribution in [-0.4, -0.2) is 37.3 Å². The maximum atomic E-state index is 11.1. The van der Waals surface area contributed by atoms with Crippen molar-refractivity contribution in [3.8, 4) is 0 Å². The Morgan fingerprint density at radius 2 is 2.00 bits per heavy atom. The van der Waals surface area contributed by atoms with Gasteiger partial charge in [0.15, 0.2) is 0 Å². The number of nitrogens with one attached hydrogen (secondary N) is 1. The van der Waals surface area contributed by atoms with Gasteiger partial charge in [0.05, 0.1) is 18.1 Å². The van der Waals surface area contributed by atoms with Gasteiger partial charge in [-0.15, -0.1) is 0 Å². The van der Waals surface area contributed by atoms with Crippen LogP contribution >= 0.6 is 0 Å². The number of nitro benzene ring substituents is 1. The lowest BCUT2D eigenvalue weighted by atomic mass is 10.3. The summed E-state index contributed by atoms with van der Waals surface area (Å²) < 4.78 is 9.97. The normalized spacial score (nSPS) is 10.1. The molecule has 1 N–H and O–H groups in total. The summed E-state index contributed by atoms with van der Waals surface area (Å²) in [6, 6.07) is 6.08. The van der Waals surface area contributed by atoms with Crippen molar-refractivity contribution in [2.45, 2.75) is 13.3 Å². The number of nitro groups is 1. The van der Waals surface area contributed by atoms with Gasteiger partial charge < -0.3 is 14.8 Å². The smallest absolute Gasteiger partial charge is 0.332 e. The minimum Gasteiger partial charge on any atom is -0.464 e. The molecule has 0 bridgehead atoms. The number of ether oxygens (including phenoxy) is 2. The van der Waals surface area contributed by atoms with E-state index in [2.05, 4.69) is 5.32 Å². The van der Waals surface area contributed by atoms with Crippen molar-refractivity contribution in [1.29, 1.82) is 0 Å². The fourth-order valence-corrected chi connectivity index (χ4v) is 1.38. The molecule has 0 fully saturated rings. The number of carbonyl (C=O) groups excluding carboxylic acids is 1. The molecular weight excluding hydrogens is 264 g/mol. The van der Waals surface area contributed by atoms with Crippen molar-refractivity contribution < 1.29 is 19.2 Å². The maximum absolute atomic E-state index is 11.1. The molecule has 7 heteroatoms. The van der Waals surface area contributed by atoms with Gasteiger partial charge in [0.1, 0.15) is 6.61 Å². The molecule has 0 heterocycles. The van der Waals surface area contributed by atoms with Crippen LogP contribution in [0, 0.1) is 10.1 Å². The summed E-state index contributed by atoms with van der Waals surface area (Å²) in [6.07, 6.45) is 0.785. The third-order valence-electron chi connectivity index (χ3n) is 2.34. The Kier molecular flexibility index (Phi) is 7.05. The summed E-state index contributed by atoms with van der Waals surface area (Å²) in [7, 11) is 0. The van der Waals surface area contributed by atoms with Crippen molar-refractivity contribution in [2.75, 3.05) is 31.7 Å². The maximum Gasteiger partial charge on any atom is 0.332 e. The third kappa shape index (κ3) is 6.14. The number of benzene rings is 1. The molecule has 1 rings (SSSR count). The van der Waals surface area contributed by atoms with E-state index >= 15 is 0 Å². The summed E-state index contributed by atoms with van der Waals surface area (Å²) in [4.78, 5) is 21.1. The molecule has 0 atom stereocenters. The van der Waals surface area contributed by atoms with Gasteiger partial charge in [-0.1, -0.05) is 6.92 Å². The average molecular weight is 282 g/mol. The molecule has 0 unspecified atom stereocenters. The van der Waals surface area contributed by atoms with Crippen LogP contribution in [0.15, 0.2) is 24.3 Å². The molecule has 0 aliphatic carbocycles. The van der Waals surface area contributed by atoms with E-state index in [1.165, 1.54) is 12.1 Å². The summed E-state index contributed by atoms with van der Waals surface area (Å²) in [5, 5.41) is 13.5. The highest BCUT2D eigenvalue weighted by Gasteiger charge is 2.04. The van der Waals surface area contributed by atoms with E-state index in [1.807, 2.05) is 6.92 Å². The Morgan fingerprint density at radius 1 is 1.30 bits per heavy atom. The minimum atomic E-state index is -0.450. The second-order valence-corrected chi connectivity index (χ2v) is 4.00. The number of esters is 1. The third-order valence-corrected chi connectivity index (χ3v) is 2.34. The monoisotopic (exact) mass is 282 g/mol. The Labute approximate surface area is 117 Å². The van der Waals surface area contributed by atoms with Crippen molar-refractivity contribution in [2.24, 2.45) is 0 Å². The zero-order chi connectivity index (χ0) is 14.8. The Balaban J connectivity index is 2.15. The molecular formula is C13H18N2O5. The topological polar surface area (TPSA) is 90.7 Å². The molecule has 7 nitrogen and oxygen atoms in total. The molecule has 0 spiro atoms. The first-order valence-electron chi connectivity index (χ1n) is 6.35. The van der Waals surface area contributed by atoms with E-state index in [0.29, 0.717) is 19.8 Å². The summed E-state index contributed by atoms with van der Waals surface area (Å²) in [6.45, 7) is 3.10. The van der Waals surface area contributed by atoms with Gasteiger partial charge in [0, 0.05) is 24.4 Å². The average Bonchev–Trinajstić information content (AvgIpc) is 2.45. The fraction of sp³-hybridized carbons (Fsp3) is 0.462. The van der Waals surface area contributed by atoms with Crippen molar-refractivity contribution in [1.82, 2.24) is 0 Å². The Morgan fingerprint density at radius 3 is 2.60 bits per heavy atom. The van der Waals surface area contributed by atoms with Gasteiger partial charge >= 0.3 is 5.97 Å². The van der Waals surface area contributed by atoms with Crippen LogP contribution in [0.25, 0.3) is 0 Å². The van der Waals surface area contributed by atoms with Crippen molar-refractivity contribution >= 4 is 17.3 Å². The Hall–Kier alpha value is -2.15. The van der Waals surface area contributed by atoms with E-state index in [1.54, 1.807) is 12.1 Å². The van der Waals surface area contributed by atoms with Crippen LogP contribution in [-0.2, 0) is 14.3 Å². The molecule has 1 aromatic carbocycles.